The van der Waals surface area contributed by atoms with Gasteiger partial charge in [0.2, 0.25) is 5.91 Å². The minimum atomic E-state index is -0.675. The highest BCUT2D eigenvalue weighted by Crippen LogP contribution is 2.33. The lowest BCUT2D eigenvalue weighted by atomic mass is 9.99. The Morgan fingerprint density at radius 1 is 0.933 bits per heavy atom. The van der Waals surface area contributed by atoms with Crippen molar-refractivity contribution in [2.24, 2.45) is 5.92 Å². The summed E-state index contributed by atoms with van der Waals surface area (Å²) in [6.07, 6.45) is 2.35. The molecule has 0 spiro atoms. The first kappa shape index (κ1) is 31.6. The summed E-state index contributed by atoms with van der Waals surface area (Å²) in [5.41, 5.74) is 4.11. The van der Waals surface area contributed by atoms with E-state index in [2.05, 4.69) is 57.0 Å². The maximum atomic E-state index is 13.4. The fraction of sp³-hybridized carbons (Fsp3) is 0.371. The van der Waals surface area contributed by atoms with Crippen molar-refractivity contribution in [3.8, 4) is 22.4 Å². The van der Waals surface area contributed by atoms with E-state index in [4.69, 9.17) is 9.47 Å². The number of ether oxygens (including phenoxy) is 2. The standard InChI is InChI=1S/C35H41N5O5/c1-21(2)30(39-33(42)44-6)32(41)40-17-7-8-29(40)31-36-20-28(38-31)23-11-9-22(10-12-23)24-13-14-26-19-27(16-15-25(26)18-24)37-34(43)45-35(3,4)5/h9-16,18-21,29-30H,7-8,17H2,1-6H3,(H,36,38)(H,37,43)(H,39,42)/t29-,30-/m0/s1. The fourth-order valence-electron chi connectivity index (χ4n) is 5.61. The van der Waals surface area contributed by atoms with Gasteiger partial charge >= 0.3 is 12.2 Å². The lowest BCUT2D eigenvalue weighted by Crippen LogP contribution is -2.51. The Morgan fingerprint density at radius 2 is 1.60 bits per heavy atom. The van der Waals surface area contributed by atoms with Crippen LogP contribution in [0.3, 0.4) is 0 Å². The van der Waals surface area contributed by atoms with Crippen LogP contribution in [0.1, 0.15) is 59.3 Å². The highest BCUT2D eigenvalue weighted by atomic mass is 16.6. The normalized spacial score (nSPS) is 15.6. The summed E-state index contributed by atoms with van der Waals surface area (Å²) in [7, 11) is 1.29. The summed E-state index contributed by atoms with van der Waals surface area (Å²) in [5, 5.41) is 7.55. The van der Waals surface area contributed by atoms with E-state index < -0.39 is 23.8 Å². The fourth-order valence-corrected chi connectivity index (χ4v) is 5.61. The number of anilines is 1. The molecule has 1 aromatic heterocycles. The zero-order valence-electron chi connectivity index (χ0n) is 26.6. The molecule has 0 unspecified atom stereocenters. The van der Waals surface area contributed by atoms with Crippen LogP contribution >= 0.6 is 0 Å². The molecule has 0 aliphatic carbocycles. The summed E-state index contributed by atoms with van der Waals surface area (Å²) in [5.74, 6) is 0.506. The number of rotatable bonds is 7. The summed E-state index contributed by atoms with van der Waals surface area (Å²) in [6, 6.07) is 19.4. The van der Waals surface area contributed by atoms with Gasteiger partial charge in [-0.25, -0.2) is 14.6 Å². The summed E-state index contributed by atoms with van der Waals surface area (Å²) in [4.78, 5) is 47.4. The van der Waals surface area contributed by atoms with Crippen molar-refractivity contribution in [2.45, 2.75) is 65.1 Å². The molecule has 2 atom stereocenters. The number of amides is 3. The predicted molar refractivity (Wildman–Crippen MR) is 175 cm³/mol. The smallest absolute Gasteiger partial charge is 0.412 e. The average Bonchev–Trinajstić information content (AvgIpc) is 3.68. The minimum absolute atomic E-state index is 0.0928. The van der Waals surface area contributed by atoms with Crippen molar-refractivity contribution in [3.05, 3.63) is 72.7 Å². The molecule has 2 heterocycles. The third-order valence-corrected chi connectivity index (χ3v) is 7.85. The van der Waals surface area contributed by atoms with Crippen LogP contribution in [0.5, 0.6) is 0 Å². The van der Waals surface area contributed by atoms with E-state index in [0.717, 1.165) is 51.8 Å². The van der Waals surface area contributed by atoms with E-state index in [0.29, 0.717) is 12.2 Å². The van der Waals surface area contributed by atoms with Crippen LogP contribution < -0.4 is 10.6 Å². The number of aromatic amines is 1. The van der Waals surface area contributed by atoms with Crippen molar-refractivity contribution in [2.75, 3.05) is 19.0 Å². The number of likely N-dealkylation sites (tertiary alicyclic amines) is 1. The van der Waals surface area contributed by atoms with Crippen LogP contribution in [-0.4, -0.2) is 58.3 Å². The topological polar surface area (TPSA) is 126 Å². The Bertz CT molecular complexity index is 1690. The van der Waals surface area contributed by atoms with Gasteiger partial charge in [0, 0.05) is 12.2 Å². The Hall–Kier alpha value is -4.86. The summed E-state index contributed by atoms with van der Waals surface area (Å²) >= 11 is 0. The van der Waals surface area contributed by atoms with Crippen LogP contribution in [0, 0.1) is 5.92 Å². The van der Waals surface area contributed by atoms with Gasteiger partial charge in [-0.15, -0.1) is 0 Å². The van der Waals surface area contributed by atoms with Gasteiger partial charge in [-0.2, -0.15) is 0 Å². The van der Waals surface area contributed by atoms with Crippen LogP contribution in [-0.2, 0) is 14.3 Å². The van der Waals surface area contributed by atoms with Gasteiger partial charge in [-0.3, -0.25) is 10.1 Å². The number of methoxy groups -OCH3 is 1. The van der Waals surface area contributed by atoms with Crippen molar-refractivity contribution in [1.82, 2.24) is 20.2 Å². The highest BCUT2D eigenvalue weighted by molar-refractivity contribution is 5.93. The van der Waals surface area contributed by atoms with Gasteiger partial charge in [0.25, 0.3) is 0 Å². The second-order valence-corrected chi connectivity index (χ2v) is 12.7. The van der Waals surface area contributed by atoms with E-state index in [-0.39, 0.29) is 17.9 Å². The number of imidazole rings is 1. The molecular weight excluding hydrogens is 570 g/mol. The molecule has 3 aromatic carbocycles. The molecule has 0 bridgehead atoms. The van der Waals surface area contributed by atoms with Crippen LogP contribution in [0.2, 0.25) is 0 Å². The van der Waals surface area contributed by atoms with Gasteiger partial charge in [0.15, 0.2) is 0 Å². The summed E-state index contributed by atoms with van der Waals surface area (Å²) in [6.45, 7) is 9.90. The van der Waals surface area contributed by atoms with Gasteiger partial charge in [0.05, 0.1) is 25.0 Å². The molecule has 236 valence electrons. The molecule has 0 radical (unpaired) electrons. The highest BCUT2D eigenvalue weighted by Gasteiger charge is 2.37. The molecule has 3 N–H and O–H groups in total. The first-order valence-electron chi connectivity index (χ1n) is 15.3. The van der Waals surface area contributed by atoms with Crippen LogP contribution in [0.4, 0.5) is 15.3 Å². The molecular formula is C35H41N5O5. The molecule has 1 fully saturated rings. The Labute approximate surface area is 263 Å². The number of carbonyl (C=O) groups excluding carboxylic acids is 3. The quantitative estimate of drug-likeness (QED) is 0.202. The maximum absolute atomic E-state index is 13.4. The molecule has 4 aromatic rings. The van der Waals surface area contributed by atoms with Crippen molar-refractivity contribution in [3.63, 3.8) is 0 Å². The monoisotopic (exact) mass is 611 g/mol. The third kappa shape index (κ3) is 7.45. The van der Waals surface area contributed by atoms with Crippen LogP contribution in [0.25, 0.3) is 33.2 Å². The van der Waals surface area contributed by atoms with Gasteiger partial charge in [0.1, 0.15) is 17.5 Å². The van der Waals surface area contributed by atoms with Crippen molar-refractivity contribution >= 4 is 34.6 Å². The predicted octanol–water partition coefficient (Wildman–Crippen LogP) is 7.29. The van der Waals surface area contributed by atoms with E-state index in [1.807, 2.05) is 63.8 Å². The molecule has 1 aliphatic rings. The minimum Gasteiger partial charge on any atom is -0.453 e. The largest absolute Gasteiger partial charge is 0.453 e. The number of fused-ring (bicyclic) bond motifs is 1. The number of alkyl carbamates (subject to hydrolysis) is 1. The molecule has 3 amide bonds. The molecule has 0 saturated carbocycles. The van der Waals surface area contributed by atoms with Gasteiger partial charge < -0.3 is 24.7 Å². The second-order valence-electron chi connectivity index (χ2n) is 12.7. The first-order valence-corrected chi connectivity index (χ1v) is 15.3. The first-order chi connectivity index (χ1) is 21.4. The van der Waals surface area contributed by atoms with Gasteiger partial charge in [-0.05, 0) is 85.2 Å². The number of H-pyrrole nitrogens is 1. The SMILES string of the molecule is COC(=O)N[C@H](C(=O)N1CCC[C@H]1c1ncc(-c2ccc(-c3ccc4cc(NC(=O)OC(C)(C)C)ccc4c3)cc2)[nH]1)C(C)C. The molecule has 45 heavy (non-hydrogen) atoms. The van der Waals surface area contributed by atoms with Crippen LogP contribution in [0.15, 0.2) is 66.9 Å². The number of hydrogen-bond donors (Lipinski definition) is 3. The molecule has 1 saturated heterocycles. The number of carbonyl (C=O) groups is 3. The molecule has 10 heteroatoms. The molecule has 10 nitrogen and oxygen atoms in total. The van der Waals surface area contributed by atoms with Crippen molar-refractivity contribution in [1.29, 1.82) is 0 Å². The molecule has 1 aliphatic heterocycles. The van der Waals surface area contributed by atoms with Gasteiger partial charge in [-0.1, -0.05) is 56.3 Å². The number of nitrogens with zero attached hydrogens (tertiary/aromatic N) is 2. The zero-order chi connectivity index (χ0) is 32.3. The van der Waals surface area contributed by atoms with E-state index >= 15 is 0 Å². The number of nitrogens with one attached hydrogen (secondary N) is 3. The van der Waals surface area contributed by atoms with E-state index in [1.165, 1.54) is 7.11 Å². The Kier molecular flexibility index (Phi) is 9.13. The Morgan fingerprint density at radius 3 is 2.29 bits per heavy atom. The zero-order valence-corrected chi connectivity index (χ0v) is 26.6. The number of aromatic nitrogens is 2. The number of benzene rings is 3. The maximum Gasteiger partial charge on any atom is 0.412 e. The van der Waals surface area contributed by atoms with E-state index in [1.54, 1.807) is 6.20 Å². The van der Waals surface area contributed by atoms with E-state index in [9.17, 15) is 14.4 Å². The Balaban J connectivity index is 1.28. The average molecular weight is 612 g/mol. The number of hydrogen-bond acceptors (Lipinski definition) is 6. The van der Waals surface area contributed by atoms with Crippen molar-refractivity contribution < 1.29 is 23.9 Å². The third-order valence-electron chi connectivity index (χ3n) is 7.85. The molecule has 5 rings (SSSR count). The second kappa shape index (κ2) is 13.0. The lowest BCUT2D eigenvalue weighted by molar-refractivity contribution is -0.135. The lowest BCUT2D eigenvalue weighted by Gasteiger charge is -2.30. The summed E-state index contributed by atoms with van der Waals surface area (Å²) < 4.78 is 10.1.